The van der Waals surface area contributed by atoms with E-state index in [0.717, 1.165) is 40.9 Å². The van der Waals surface area contributed by atoms with Crippen molar-refractivity contribution in [2.75, 3.05) is 18.6 Å². The first-order valence-corrected chi connectivity index (χ1v) is 16.9. The molecule has 3 aromatic rings. The normalized spacial score (nSPS) is 17.6. The van der Waals surface area contributed by atoms with Crippen molar-refractivity contribution < 1.29 is 19.1 Å². The predicted molar refractivity (Wildman–Crippen MR) is 183 cm³/mol. The Labute approximate surface area is 274 Å². The van der Waals surface area contributed by atoms with Crippen molar-refractivity contribution >= 4 is 29.1 Å². The Hall–Kier alpha value is -3.51. The molecule has 3 atom stereocenters. The average Bonchev–Trinajstić information content (AvgIpc) is 3.57. The van der Waals surface area contributed by atoms with Gasteiger partial charge in [-0.3, -0.25) is 9.59 Å². The van der Waals surface area contributed by atoms with E-state index in [2.05, 4.69) is 26.0 Å². The van der Waals surface area contributed by atoms with Crippen LogP contribution >= 0.6 is 11.6 Å². The number of rotatable bonds is 10. The van der Waals surface area contributed by atoms with Gasteiger partial charge in [0.05, 0.1) is 31.7 Å². The summed E-state index contributed by atoms with van der Waals surface area (Å²) in [6.07, 6.45) is 6.00. The highest BCUT2D eigenvalue weighted by Gasteiger charge is 2.36. The third kappa shape index (κ3) is 7.84. The molecule has 5 rings (SSSR count). The number of anilines is 1. The zero-order valence-corrected chi connectivity index (χ0v) is 28.7. The summed E-state index contributed by atoms with van der Waals surface area (Å²) >= 11 is 6.27. The van der Waals surface area contributed by atoms with Crippen LogP contribution in [0.1, 0.15) is 108 Å². The molecule has 1 fully saturated rings. The lowest BCUT2D eigenvalue weighted by atomic mass is 9.86. The van der Waals surface area contributed by atoms with Crippen molar-refractivity contribution in [1.29, 1.82) is 0 Å². The second-order valence-corrected chi connectivity index (χ2v) is 12.5. The lowest BCUT2D eigenvalue weighted by Crippen LogP contribution is -2.41. The fraction of sp³-hybridized carbons (Fsp3) is 0.474. The summed E-state index contributed by atoms with van der Waals surface area (Å²) in [6, 6.07) is 19.3. The molecule has 1 heterocycles. The summed E-state index contributed by atoms with van der Waals surface area (Å²) in [7, 11) is 1.63. The molecule has 45 heavy (non-hydrogen) atoms. The fourth-order valence-electron chi connectivity index (χ4n) is 6.50. The van der Waals surface area contributed by atoms with E-state index in [-0.39, 0.29) is 36.4 Å². The zero-order chi connectivity index (χ0) is 32.7. The van der Waals surface area contributed by atoms with Gasteiger partial charge in [0.2, 0.25) is 11.8 Å². The Balaban J connectivity index is 0.00000226. The number of nitrogens with zero attached hydrogens (tertiary/aromatic N) is 2. The smallest absolute Gasteiger partial charge is 0.232 e. The number of carbonyl (C=O) groups is 2. The lowest BCUT2D eigenvalue weighted by molar-refractivity contribution is -0.131. The van der Waals surface area contributed by atoms with Crippen LogP contribution in [0.4, 0.5) is 5.69 Å². The molecule has 7 heteroatoms. The molecule has 1 aliphatic carbocycles. The number of methoxy groups -OCH3 is 1. The van der Waals surface area contributed by atoms with E-state index >= 15 is 0 Å². The van der Waals surface area contributed by atoms with Crippen LogP contribution in [0, 0.1) is 5.92 Å². The van der Waals surface area contributed by atoms with Crippen LogP contribution in [0.25, 0.3) is 0 Å². The molecule has 1 aliphatic heterocycles. The molecule has 2 unspecified atom stereocenters. The van der Waals surface area contributed by atoms with E-state index in [9.17, 15) is 9.59 Å². The highest BCUT2D eigenvalue weighted by atomic mass is 35.5. The molecule has 6 nitrogen and oxygen atoms in total. The molecular formula is C38H49ClN2O4. The first-order valence-electron chi connectivity index (χ1n) is 16.5. The second kappa shape index (κ2) is 15.7. The summed E-state index contributed by atoms with van der Waals surface area (Å²) in [5.41, 5.74) is 4.73. The molecule has 0 N–H and O–H groups in total. The zero-order valence-electron chi connectivity index (χ0n) is 27.9. The number of hydrogen-bond donors (Lipinski definition) is 0. The Morgan fingerprint density at radius 3 is 2.22 bits per heavy atom. The van der Waals surface area contributed by atoms with E-state index in [4.69, 9.17) is 21.1 Å². The van der Waals surface area contributed by atoms with Crippen LogP contribution in [0.5, 0.6) is 11.5 Å². The predicted octanol–water partition coefficient (Wildman–Crippen LogP) is 9.33. The minimum atomic E-state index is -0.377. The van der Waals surface area contributed by atoms with Gasteiger partial charge in [-0.1, -0.05) is 69.5 Å². The van der Waals surface area contributed by atoms with E-state index < -0.39 is 0 Å². The molecule has 0 aromatic heterocycles. The third-order valence-electron chi connectivity index (χ3n) is 9.13. The number of amides is 2. The van der Waals surface area contributed by atoms with Crippen LogP contribution < -0.4 is 14.4 Å². The van der Waals surface area contributed by atoms with E-state index in [0.29, 0.717) is 22.4 Å². The van der Waals surface area contributed by atoms with Crippen LogP contribution in [-0.2, 0) is 16.0 Å². The number of ether oxygens (including phenoxy) is 2. The van der Waals surface area contributed by atoms with Crippen molar-refractivity contribution in [3.05, 3.63) is 87.9 Å². The fourth-order valence-corrected chi connectivity index (χ4v) is 6.62. The molecule has 0 bridgehead atoms. The summed E-state index contributed by atoms with van der Waals surface area (Å²) < 4.78 is 12.0. The van der Waals surface area contributed by atoms with Crippen LogP contribution in [-0.4, -0.2) is 36.5 Å². The SMILES string of the molecule is CC.CC[C@@H](C)Oc1cc2c(cc1OC)CC(=O)N(c1ccc(C(C)N(CC3CCCC3)C(C)=O)cc1)C2c1ccc(Cl)cc1. The van der Waals surface area contributed by atoms with Crippen molar-refractivity contribution in [1.82, 2.24) is 4.90 Å². The van der Waals surface area contributed by atoms with Gasteiger partial charge >= 0.3 is 0 Å². The molecule has 0 radical (unpaired) electrons. The molecule has 2 aliphatic rings. The van der Waals surface area contributed by atoms with Gasteiger partial charge in [0.25, 0.3) is 0 Å². The van der Waals surface area contributed by atoms with Gasteiger partial charge in [0, 0.05) is 24.2 Å². The standard InChI is InChI=1S/C36H43ClN2O4.C2H6/c1-6-23(2)43-34-21-32-29(19-33(34)42-5)20-35(41)39(36(32)28-11-15-30(37)16-12-28)31-17-13-27(14-18-31)24(3)38(25(4)40)22-26-9-7-8-10-26;1-2/h11-19,21,23-24,26,36H,6-10,20,22H2,1-5H3;1-2H3/t23-,24?,36?;/m1./s1. The monoisotopic (exact) mass is 632 g/mol. The summed E-state index contributed by atoms with van der Waals surface area (Å²) in [5.74, 6) is 1.96. The van der Waals surface area contributed by atoms with E-state index in [1.54, 1.807) is 14.0 Å². The Kier molecular flexibility index (Phi) is 12.0. The van der Waals surface area contributed by atoms with Gasteiger partial charge < -0.3 is 19.3 Å². The third-order valence-corrected chi connectivity index (χ3v) is 9.38. The largest absolute Gasteiger partial charge is 0.493 e. The van der Waals surface area contributed by atoms with E-state index in [1.165, 1.54) is 25.7 Å². The summed E-state index contributed by atoms with van der Waals surface area (Å²) in [4.78, 5) is 30.4. The van der Waals surface area contributed by atoms with Crippen molar-refractivity contribution in [2.45, 2.75) is 98.3 Å². The second-order valence-electron chi connectivity index (χ2n) is 12.0. The number of fused-ring (bicyclic) bond motifs is 1. The molecule has 1 saturated carbocycles. The average molecular weight is 633 g/mol. The first-order chi connectivity index (χ1) is 21.7. The molecular weight excluding hydrogens is 584 g/mol. The van der Waals surface area contributed by atoms with Crippen LogP contribution in [0.2, 0.25) is 5.02 Å². The summed E-state index contributed by atoms with van der Waals surface area (Å²) in [5, 5.41) is 0.638. The minimum Gasteiger partial charge on any atom is -0.493 e. The van der Waals surface area contributed by atoms with Gasteiger partial charge in [-0.25, -0.2) is 0 Å². The maximum absolute atomic E-state index is 13.9. The molecule has 3 aromatic carbocycles. The first kappa shape index (κ1) is 34.4. The molecule has 0 saturated heterocycles. The highest BCUT2D eigenvalue weighted by molar-refractivity contribution is 6.30. The topological polar surface area (TPSA) is 59.1 Å². The van der Waals surface area contributed by atoms with Gasteiger partial charge in [-0.2, -0.15) is 0 Å². The Bertz CT molecular complexity index is 1430. The minimum absolute atomic E-state index is 0.00232. The quantitative estimate of drug-likeness (QED) is 0.223. The molecule has 242 valence electrons. The number of carbonyl (C=O) groups excluding carboxylic acids is 2. The van der Waals surface area contributed by atoms with Crippen molar-refractivity contribution in [3.63, 3.8) is 0 Å². The van der Waals surface area contributed by atoms with E-state index in [1.807, 2.05) is 79.1 Å². The highest BCUT2D eigenvalue weighted by Crippen LogP contribution is 2.44. The number of hydrogen-bond acceptors (Lipinski definition) is 4. The number of halogens is 1. The van der Waals surface area contributed by atoms with Gasteiger partial charge in [-0.05, 0) is 97.7 Å². The Morgan fingerprint density at radius 2 is 1.64 bits per heavy atom. The Morgan fingerprint density at radius 1 is 1.00 bits per heavy atom. The molecule has 0 spiro atoms. The summed E-state index contributed by atoms with van der Waals surface area (Å²) in [6.45, 7) is 12.7. The van der Waals surface area contributed by atoms with Gasteiger partial charge in [0.15, 0.2) is 11.5 Å². The molecule has 2 amide bonds. The van der Waals surface area contributed by atoms with Gasteiger partial charge in [0.1, 0.15) is 0 Å². The number of benzene rings is 3. The van der Waals surface area contributed by atoms with Crippen LogP contribution in [0.15, 0.2) is 60.7 Å². The lowest BCUT2D eigenvalue weighted by Gasteiger charge is -2.38. The van der Waals surface area contributed by atoms with Crippen molar-refractivity contribution in [2.24, 2.45) is 5.92 Å². The maximum atomic E-state index is 13.9. The van der Waals surface area contributed by atoms with Crippen LogP contribution in [0.3, 0.4) is 0 Å². The van der Waals surface area contributed by atoms with Crippen molar-refractivity contribution in [3.8, 4) is 11.5 Å². The van der Waals surface area contributed by atoms with Gasteiger partial charge in [-0.15, -0.1) is 0 Å². The maximum Gasteiger partial charge on any atom is 0.232 e.